The summed E-state index contributed by atoms with van der Waals surface area (Å²) >= 11 is 5.07. The molecule has 32 heavy (non-hydrogen) atoms. The smallest absolute Gasteiger partial charge is 0.257 e. The van der Waals surface area contributed by atoms with Gasteiger partial charge in [0.2, 0.25) is 0 Å². The van der Waals surface area contributed by atoms with Crippen molar-refractivity contribution in [3.05, 3.63) is 80.6 Å². The topological polar surface area (TPSA) is 65.8 Å². The molecule has 2 aromatic carbocycles. The van der Waals surface area contributed by atoms with Crippen LogP contribution in [0.2, 0.25) is 0 Å². The number of rotatable bonds is 3. The first-order chi connectivity index (χ1) is 15.6. The lowest BCUT2D eigenvalue weighted by atomic mass is 10.0. The van der Waals surface area contributed by atoms with Gasteiger partial charge in [-0.15, -0.1) is 11.3 Å². The fourth-order valence-electron chi connectivity index (χ4n) is 4.26. The highest BCUT2D eigenvalue weighted by atomic mass is 79.9. The Morgan fingerprint density at radius 3 is 2.69 bits per heavy atom. The normalized spacial score (nSPS) is 13.2. The van der Waals surface area contributed by atoms with Gasteiger partial charge in [-0.05, 0) is 55.5 Å². The number of hydrogen-bond donors (Lipinski definition) is 1. The van der Waals surface area contributed by atoms with Crippen molar-refractivity contribution in [2.75, 3.05) is 5.32 Å². The summed E-state index contributed by atoms with van der Waals surface area (Å²) in [6.07, 6.45) is 5.31. The van der Waals surface area contributed by atoms with Crippen LogP contribution in [0.1, 0.15) is 45.6 Å². The molecule has 0 saturated carbocycles. The van der Waals surface area contributed by atoms with Gasteiger partial charge in [-0.2, -0.15) is 5.26 Å². The van der Waals surface area contributed by atoms with E-state index in [4.69, 9.17) is 4.98 Å². The first-order valence-electron chi connectivity index (χ1n) is 10.7. The van der Waals surface area contributed by atoms with Gasteiger partial charge >= 0.3 is 0 Å². The monoisotopic (exact) mass is 501 g/mol. The number of aromatic nitrogens is 1. The van der Waals surface area contributed by atoms with Crippen LogP contribution in [0.5, 0.6) is 0 Å². The number of amides is 1. The Morgan fingerprint density at radius 2 is 1.88 bits per heavy atom. The van der Waals surface area contributed by atoms with Crippen LogP contribution in [-0.4, -0.2) is 10.9 Å². The molecule has 1 aliphatic carbocycles. The Bertz CT molecular complexity index is 1370. The maximum absolute atomic E-state index is 13.5. The molecule has 158 valence electrons. The van der Waals surface area contributed by atoms with E-state index in [1.807, 2.05) is 54.6 Å². The van der Waals surface area contributed by atoms with E-state index in [0.717, 1.165) is 57.9 Å². The van der Waals surface area contributed by atoms with E-state index in [2.05, 4.69) is 27.3 Å². The zero-order chi connectivity index (χ0) is 22.1. The van der Waals surface area contributed by atoms with E-state index in [0.29, 0.717) is 16.1 Å². The number of thiophene rings is 1. The molecule has 5 rings (SSSR count). The van der Waals surface area contributed by atoms with Gasteiger partial charge in [-0.1, -0.05) is 52.7 Å². The van der Waals surface area contributed by atoms with Gasteiger partial charge in [0, 0.05) is 20.3 Å². The predicted molar refractivity (Wildman–Crippen MR) is 133 cm³/mol. The number of fused-ring (bicyclic) bond motifs is 2. The number of anilines is 1. The van der Waals surface area contributed by atoms with E-state index in [1.54, 1.807) is 11.3 Å². The number of aryl methyl sites for hydroxylation is 1. The van der Waals surface area contributed by atoms with Crippen molar-refractivity contribution in [1.29, 1.82) is 5.26 Å². The molecular formula is C26H20BrN3OS. The van der Waals surface area contributed by atoms with Crippen molar-refractivity contribution in [2.24, 2.45) is 0 Å². The zero-order valence-electron chi connectivity index (χ0n) is 17.3. The van der Waals surface area contributed by atoms with Crippen molar-refractivity contribution < 1.29 is 4.79 Å². The Labute approximate surface area is 199 Å². The lowest BCUT2D eigenvalue weighted by Gasteiger charge is -2.11. The minimum absolute atomic E-state index is 0.222. The fraction of sp³-hybridized carbons (Fsp3) is 0.192. The third-order valence-electron chi connectivity index (χ3n) is 5.85. The molecule has 0 bridgehead atoms. The fourth-order valence-corrected chi connectivity index (χ4v) is 5.86. The van der Waals surface area contributed by atoms with Gasteiger partial charge in [-0.3, -0.25) is 4.79 Å². The summed E-state index contributed by atoms with van der Waals surface area (Å²) in [6.45, 7) is 0. The third-order valence-corrected chi connectivity index (χ3v) is 7.55. The second-order valence-corrected chi connectivity index (χ2v) is 9.94. The van der Waals surface area contributed by atoms with Crippen molar-refractivity contribution >= 4 is 49.1 Å². The van der Waals surface area contributed by atoms with Crippen LogP contribution in [0.3, 0.4) is 0 Å². The largest absolute Gasteiger partial charge is 0.312 e. The number of carbonyl (C=O) groups excluding carboxylic acids is 1. The number of nitriles is 1. The summed E-state index contributed by atoms with van der Waals surface area (Å²) < 4.78 is 0.883. The summed E-state index contributed by atoms with van der Waals surface area (Å²) in [5, 5.41) is 14.3. The number of nitrogens with one attached hydrogen (secondary N) is 1. The van der Waals surface area contributed by atoms with Crippen LogP contribution < -0.4 is 5.32 Å². The highest BCUT2D eigenvalue weighted by Crippen LogP contribution is 2.37. The van der Waals surface area contributed by atoms with E-state index in [9.17, 15) is 10.1 Å². The maximum Gasteiger partial charge on any atom is 0.257 e. The molecule has 2 heterocycles. The summed E-state index contributed by atoms with van der Waals surface area (Å²) in [4.78, 5) is 19.5. The highest BCUT2D eigenvalue weighted by molar-refractivity contribution is 9.10. The number of benzene rings is 2. The van der Waals surface area contributed by atoms with Crippen molar-refractivity contribution in [2.45, 2.75) is 32.1 Å². The number of pyridine rings is 1. The first kappa shape index (κ1) is 20.9. The summed E-state index contributed by atoms with van der Waals surface area (Å²) in [5.74, 6) is -0.222. The minimum atomic E-state index is -0.222. The Morgan fingerprint density at radius 1 is 1.06 bits per heavy atom. The van der Waals surface area contributed by atoms with Gasteiger partial charge in [-0.25, -0.2) is 4.98 Å². The average Bonchev–Trinajstić information content (AvgIpc) is 2.97. The van der Waals surface area contributed by atoms with Crippen LogP contribution in [0.25, 0.3) is 22.2 Å². The molecule has 4 aromatic rings. The lowest BCUT2D eigenvalue weighted by Crippen LogP contribution is -2.13. The van der Waals surface area contributed by atoms with Gasteiger partial charge in [0.15, 0.2) is 0 Å². The zero-order valence-corrected chi connectivity index (χ0v) is 19.7. The predicted octanol–water partition coefficient (Wildman–Crippen LogP) is 7.12. The Balaban J connectivity index is 1.59. The van der Waals surface area contributed by atoms with E-state index >= 15 is 0 Å². The minimum Gasteiger partial charge on any atom is -0.312 e. The molecule has 0 atom stereocenters. The van der Waals surface area contributed by atoms with Crippen LogP contribution in [0.15, 0.2) is 59.1 Å². The van der Waals surface area contributed by atoms with Crippen molar-refractivity contribution in [1.82, 2.24) is 4.98 Å². The summed E-state index contributed by atoms with van der Waals surface area (Å²) in [7, 11) is 0. The standard InChI is InChI=1S/C26H20BrN3OS/c27-17-11-12-22-19(13-17)20(14-23(29-22)16-7-3-1-4-8-16)25(31)30-26-21(15-28)18-9-5-2-6-10-24(18)32-26/h1,3-4,7-8,11-14H,2,5-6,9-10H2,(H,30,31). The van der Waals surface area contributed by atoms with Crippen molar-refractivity contribution in [3.8, 4) is 17.3 Å². The molecular weight excluding hydrogens is 482 g/mol. The molecule has 4 nitrogen and oxygen atoms in total. The summed E-state index contributed by atoms with van der Waals surface area (Å²) in [5.41, 5.74) is 4.74. The number of carbonyl (C=O) groups is 1. The van der Waals surface area contributed by atoms with Crippen LogP contribution >= 0.6 is 27.3 Å². The van der Waals surface area contributed by atoms with Crippen LogP contribution in [0, 0.1) is 11.3 Å². The molecule has 1 N–H and O–H groups in total. The van der Waals surface area contributed by atoms with Gasteiger partial charge in [0.05, 0.1) is 22.3 Å². The second kappa shape index (κ2) is 8.85. The Kier molecular flexibility index (Phi) is 5.77. The molecule has 6 heteroatoms. The summed E-state index contributed by atoms with van der Waals surface area (Å²) in [6, 6.07) is 19.8. The molecule has 1 amide bonds. The van der Waals surface area contributed by atoms with E-state index in [1.165, 1.54) is 11.3 Å². The molecule has 0 fully saturated rings. The second-order valence-electron chi connectivity index (χ2n) is 7.92. The molecule has 0 unspecified atom stereocenters. The molecule has 2 aromatic heterocycles. The maximum atomic E-state index is 13.5. The van der Waals surface area contributed by atoms with Crippen molar-refractivity contribution in [3.63, 3.8) is 0 Å². The molecule has 0 saturated heterocycles. The van der Waals surface area contributed by atoms with Crippen LogP contribution in [0.4, 0.5) is 5.00 Å². The number of hydrogen-bond acceptors (Lipinski definition) is 4. The molecule has 0 radical (unpaired) electrons. The van der Waals surface area contributed by atoms with E-state index < -0.39 is 0 Å². The molecule has 1 aliphatic rings. The first-order valence-corrected chi connectivity index (χ1v) is 12.3. The van der Waals surface area contributed by atoms with Gasteiger partial charge in [0.25, 0.3) is 5.91 Å². The number of nitrogens with zero attached hydrogens (tertiary/aromatic N) is 2. The highest BCUT2D eigenvalue weighted by Gasteiger charge is 2.22. The third kappa shape index (κ3) is 3.94. The van der Waals surface area contributed by atoms with Gasteiger partial charge < -0.3 is 5.32 Å². The Hall–Kier alpha value is -3.01. The molecule has 0 aliphatic heterocycles. The lowest BCUT2D eigenvalue weighted by molar-refractivity contribution is 0.102. The SMILES string of the molecule is N#Cc1c(NC(=O)c2cc(-c3ccccc3)nc3ccc(Br)cc23)sc2c1CCCCC2. The molecule has 0 spiro atoms. The van der Waals surface area contributed by atoms with E-state index in [-0.39, 0.29) is 5.91 Å². The average molecular weight is 502 g/mol. The van der Waals surface area contributed by atoms with Gasteiger partial charge in [0.1, 0.15) is 11.1 Å². The van der Waals surface area contributed by atoms with Crippen LogP contribution in [-0.2, 0) is 12.8 Å². The number of halogens is 1. The quantitative estimate of drug-likeness (QED) is 0.304.